The summed E-state index contributed by atoms with van der Waals surface area (Å²) < 4.78 is 0.944. The summed E-state index contributed by atoms with van der Waals surface area (Å²) in [6.07, 6.45) is 1.44. The number of fused-ring (bicyclic) bond motifs is 1. The fourth-order valence-electron chi connectivity index (χ4n) is 1.11. The fourth-order valence-corrected chi connectivity index (χ4v) is 1.60. The highest BCUT2D eigenvalue weighted by molar-refractivity contribution is 9.10. The summed E-state index contributed by atoms with van der Waals surface area (Å²) in [5, 5.41) is 10.1. The Kier molecular flexibility index (Phi) is 1.73. The Morgan fingerprint density at radius 2 is 2.17 bits per heavy atom. The predicted octanol–water partition coefficient (Wildman–Crippen LogP) is 2.70. The van der Waals surface area contributed by atoms with Gasteiger partial charge in [-0.2, -0.15) is 0 Å². The van der Waals surface area contributed by atoms with Gasteiger partial charge in [0.05, 0.1) is 11.7 Å². The molecule has 3 heteroatoms. The molecule has 0 bridgehead atoms. The quantitative estimate of drug-likeness (QED) is 0.746. The molecule has 0 unspecified atom stereocenters. The second kappa shape index (κ2) is 2.75. The predicted molar refractivity (Wildman–Crippen MR) is 51.1 cm³/mol. The molecule has 0 fully saturated rings. The van der Waals surface area contributed by atoms with Crippen molar-refractivity contribution in [3.63, 3.8) is 0 Å². The summed E-state index contributed by atoms with van der Waals surface area (Å²) in [5.74, 6) is 0.195. The largest absolute Gasteiger partial charge is 0.506 e. The van der Waals surface area contributed by atoms with Crippen LogP contribution in [-0.4, -0.2) is 10.1 Å². The van der Waals surface area contributed by atoms with Gasteiger partial charge in [0.25, 0.3) is 0 Å². The van der Waals surface area contributed by atoms with E-state index in [0.717, 1.165) is 15.4 Å². The number of nitrogens with zero attached hydrogens (tertiary/aromatic N) is 1. The van der Waals surface area contributed by atoms with Gasteiger partial charge in [-0.05, 0) is 28.1 Å². The highest BCUT2D eigenvalue weighted by Gasteiger charge is 1.98. The Morgan fingerprint density at radius 3 is 3.00 bits per heavy atom. The van der Waals surface area contributed by atoms with E-state index < -0.39 is 0 Å². The van der Waals surface area contributed by atoms with Crippen LogP contribution in [0, 0.1) is 0 Å². The molecule has 0 radical (unpaired) electrons. The lowest BCUT2D eigenvalue weighted by atomic mass is 10.2. The molecule has 2 nitrogen and oxygen atoms in total. The standard InChI is InChI=1S/C9H6BrNO/c10-8-3-1-2-6-4-7(12)5-11-9(6)8/h1-5,12H. The molecule has 0 aliphatic rings. The van der Waals surface area contributed by atoms with Crippen LogP contribution in [0.2, 0.25) is 0 Å². The van der Waals surface area contributed by atoms with Crippen molar-refractivity contribution in [3.8, 4) is 5.75 Å². The third-order valence-electron chi connectivity index (χ3n) is 1.65. The average molecular weight is 224 g/mol. The van der Waals surface area contributed by atoms with E-state index in [1.54, 1.807) is 6.07 Å². The first-order valence-corrected chi connectivity index (χ1v) is 4.30. The molecule has 1 aromatic heterocycles. The number of para-hydroxylation sites is 1. The topological polar surface area (TPSA) is 33.1 Å². The van der Waals surface area contributed by atoms with E-state index >= 15 is 0 Å². The maximum absolute atomic E-state index is 9.14. The number of aromatic hydroxyl groups is 1. The van der Waals surface area contributed by atoms with Gasteiger partial charge < -0.3 is 5.11 Å². The van der Waals surface area contributed by atoms with Gasteiger partial charge in [0.1, 0.15) is 5.75 Å². The van der Waals surface area contributed by atoms with Crippen LogP contribution in [0.25, 0.3) is 10.9 Å². The normalized spacial score (nSPS) is 10.4. The second-order valence-corrected chi connectivity index (χ2v) is 3.36. The van der Waals surface area contributed by atoms with Crippen LogP contribution in [0.1, 0.15) is 0 Å². The van der Waals surface area contributed by atoms with Crippen molar-refractivity contribution in [1.82, 2.24) is 4.98 Å². The van der Waals surface area contributed by atoms with Crippen molar-refractivity contribution in [3.05, 3.63) is 34.9 Å². The van der Waals surface area contributed by atoms with E-state index in [2.05, 4.69) is 20.9 Å². The molecule has 0 atom stereocenters. The number of hydrogen-bond acceptors (Lipinski definition) is 2. The first-order chi connectivity index (χ1) is 5.77. The summed E-state index contributed by atoms with van der Waals surface area (Å²) in [5.41, 5.74) is 0.871. The highest BCUT2D eigenvalue weighted by atomic mass is 79.9. The van der Waals surface area contributed by atoms with E-state index in [-0.39, 0.29) is 5.75 Å². The van der Waals surface area contributed by atoms with Gasteiger partial charge in [-0.3, -0.25) is 4.98 Å². The van der Waals surface area contributed by atoms with E-state index in [4.69, 9.17) is 5.11 Å². The van der Waals surface area contributed by atoms with E-state index in [1.165, 1.54) is 6.20 Å². The minimum absolute atomic E-state index is 0.195. The maximum atomic E-state index is 9.14. The van der Waals surface area contributed by atoms with Gasteiger partial charge in [-0.15, -0.1) is 0 Å². The Hall–Kier alpha value is -1.09. The van der Waals surface area contributed by atoms with Crippen molar-refractivity contribution in [2.45, 2.75) is 0 Å². The number of benzene rings is 1. The molecule has 1 heterocycles. The summed E-state index contributed by atoms with van der Waals surface area (Å²) in [6.45, 7) is 0. The molecule has 0 saturated heterocycles. The van der Waals surface area contributed by atoms with Crippen LogP contribution in [0.15, 0.2) is 34.9 Å². The van der Waals surface area contributed by atoms with Crippen LogP contribution in [0.4, 0.5) is 0 Å². The molecule has 0 amide bonds. The zero-order valence-electron chi connectivity index (χ0n) is 6.16. The lowest BCUT2D eigenvalue weighted by Crippen LogP contribution is -1.78. The second-order valence-electron chi connectivity index (χ2n) is 2.51. The Morgan fingerprint density at radius 1 is 1.33 bits per heavy atom. The minimum atomic E-state index is 0.195. The summed E-state index contributed by atoms with van der Waals surface area (Å²) in [4.78, 5) is 4.08. The molecule has 12 heavy (non-hydrogen) atoms. The van der Waals surface area contributed by atoms with Crippen LogP contribution in [-0.2, 0) is 0 Å². The van der Waals surface area contributed by atoms with Crippen molar-refractivity contribution >= 4 is 26.8 Å². The monoisotopic (exact) mass is 223 g/mol. The van der Waals surface area contributed by atoms with E-state index in [0.29, 0.717) is 0 Å². The van der Waals surface area contributed by atoms with Gasteiger partial charge in [-0.1, -0.05) is 12.1 Å². The Labute approximate surface area is 78.0 Å². The molecular weight excluding hydrogens is 218 g/mol. The Bertz CT molecular complexity index is 428. The molecule has 60 valence electrons. The summed E-state index contributed by atoms with van der Waals surface area (Å²) >= 11 is 3.38. The van der Waals surface area contributed by atoms with Crippen molar-refractivity contribution in [1.29, 1.82) is 0 Å². The van der Waals surface area contributed by atoms with Crippen LogP contribution < -0.4 is 0 Å². The van der Waals surface area contributed by atoms with Gasteiger partial charge in [-0.25, -0.2) is 0 Å². The molecule has 0 aliphatic heterocycles. The van der Waals surface area contributed by atoms with Crippen molar-refractivity contribution in [2.75, 3.05) is 0 Å². The van der Waals surface area contributed by atoms with Gasteiger partial charge in [0.15, 0.2) is 0 Å². The van der Waals surface area contributed by atoms with Gasteiger partial charge >= 0.3 is 0 Å². The molecule has 0 aliphatic carbocycles. The summed E-state index contributed by atoms with van der Waals surface area (Å²) in [7, 11) is 0. The number of halogens is 1. The lowest BCUT2D eigenvalue weighted by Gasteiger charge is -1.98. The third kappa shape index (κ3) is 1.16. The zero-order chi connectivity index (χ0) is 8.55. The molecule has 1 N–H and O–H groups in total. The van der Waals surface area contributed by atoms with Gasteiger partial charge in [0.2, 0.25) is 0 Å². The number of rotatable bonds is 0. The maximum Gasteiger partial charge on any atom is 0.134 e. The molecule has 2 aromatic rings. The zero-order valence-corrected chi connectivity index (χ0v) is 7.75. The van der Waals surface area contributed by atoms with Crippen molar-refractivity contribution in [2.24, 2.45) is 0 Å². The molecule has 1 aromatic carbocycles. The van der Waals surface area contributed by atoms with Crippen LogP contribution >= 0.6 is 15.9 Å². The van der Waals surface area contributed by atoms with E-state index in [1.807, 2.05) is 18.2 Å². The fraction of sp³-hybridized carbons (Fsp3) is 0. The number of pyridine rings is 1. The number of aromatic nitrogens is 1. The molecular formula is C9H6BrNO. The first kappa shape index (κ1) is 7.55. The third-order valence-corrected chi connectivity index (χ3v) is 2.29. The van der Waals surface area contributed by atoms with Crippen LogP contribution in [0.3, 0.4) is 0 Å². The molecule has 2 rings (SSSR count). The smallest absolute Gasteiger partial charge is 0.134 e. The SMILES string of the molecule is Oc1cnc2c(Br)cccc2c1. The lowest BCUT2D eigenvalue weighted by molar-refractivity contribution is 0.474. The molecule has 0 spiro atoms. The number of hydrogen-bond donors (Lipinski definition) is 1. The van der Waals surface area contributed by atoms with Gasteiger partial charge in [0, 0.05) is 9.86 Å². The first-order valence-electron chi connectivity index (χ1n) is 3.50. The molecule has 0 saturated carbocycles. The van der Waals surface area contributed by atoms with Crippen LogP contribution in [0.5, 0.6) is 5.75 Å². The van der Waals surface area contributed by atoms with E-state index in [9.17, 15) is 0 Å². The summed E-state index contributed by atoms with van der Waals surface area (Å²) in [6, 6.07) is 7.43. The highest BCUT2D eigenvalue weighted by Crippen LogP contribution is 2.23. The average Bonchev–Trinajstić information content (AvgIpc) is 2.04. The Balaban J connectivity index is 2.86. The minimum Gasteiger partial charge on any atom is -0.506 e. The van der Waals surface area contributed by atoms with Crippen molar-refractivity contribution < 1.29 is 5.11 Å².